The fraction of sp³-hybridized carbons (Fsp3) is 0.545. The molecule has 1 aliphatic heterocycles. The zero-order valence-electron chi connectivity index (χ0n) is 18.3. The molecule has 2 aliphatic rings. The molecular weight excluding hydrogens is 450 g/mol. The smallest absolute Gasteiger partial charge is 0.263 e. The van der Waals surface area contributed by atoms with Crippen LogP contribution in [0.2, 0.25) is 5.02 Å². The summed E-state index contributed by atoms with van der Waals surface area (Å²) in [6.07, 6.45) is 6.40. The molecule has 4 rings (SSSR count). The Hall–Kier alpha value is -2.10. The van der Waals surface area contributed by atoms with Crippen LogP contribution in [0.1, 0.15) is 49.4 Å². The molecule has 2 aromatic rings. The van der Waals surface area contributed by atoms with Crippen LogP contribution in [0, 0.1) is 0 Å². The van der Waals surface area contributed by atoms with Gasteiger partial charge in [-0.2, -0.15) is 9.40 Å². The van der Waals surface area contributed by atoms with E-state index in [1.807, 2.05) is 31.2 Å². The van der Waals surface area contributed by atoms with Crippen molar-refractivity contribution in [1.82, 2.24) is 19.4 Å². The lowest BCUT2D eigenvalue weighted by Gasteiger charge is -2.35. The van der Waals surface area contributed by atoms with E-state index >= 15 is 0 Å². The molecule has 0 radical (unpaired) electrons. The number of halogens is 1. The third kappa shape index (κ3) is 4.94. The normalized spacial score (nSPS) is 18.2. The maximum Gasteiger partial charge on any atom is 0.263 e. The fourth-order valence-corrected chi connectivity index (χ4v) is 6.11. The molecule has 1 N–H and O–H groups in total. The number of carbonyl (C=O) groups is 1. The first-order valence-electron chi connectivity index (χ1n) is 11.3. The molecule has 0 spiro atoms. The number of rotatable bonds is 7. The maximum absolute atomic E-state index is 13.5. The highest BCUT2D eigenvalue weighted by Gasteiger charge is 2.35. The van der Waals surface area contributed by atoms with Gasteiger partial charge in [0.1, 0.15) is 0 Å². The molecule has 174 valence electrons. The second kappa shape index (κ2) is 9.80. The number of carbonyl (C=O) groups excluding carboxylic acids is 1. The van der Waals surface area contributed by atoms with E-state index in [-0.39, 0.29) is 22.5 Å². The van der Waals surface area contributed by atoms with Crippen LogP contribution in [0.4, 0.5) is 5.69 Å². The first kappa shape index (κ1) is 23.1. The Bertz CT molecular complexity index is 1060. The van der Waals surface area contributed by atoms with Gasteiger partial charge in [0.05, 0.1) is 5.56 Å². The zero-order chi connectivity index (χ0) is 22.7. The lowest BCUT2D eigenvalue weighted by atomic mass is 10.2. The minimum atomic E-state index is -3.89. The van der Waals surface area contributed by atoms with Crippen LogP contribution in [0.15, 0.2) is 35.5 Å². The first-order valence-corrected chi connectivity index (χ1v) is 13.1. The molecule has 0 unspecified atom stereocenters. The van der Waals surface area contributed by atoms with Crippen LogP contribution in [-0.2, 0) is 16.6 Å². The molecule has 10 heteroatoms. The summed E-state index contributed by atoms with van der Waals surface area (Å²) in [5.41, 5.74) is 1.11. The standard InChI is InChI=1S/C22H30ClN5O3S/c1-2-10-27-16-20(21(29)24-18-7-3-4-8-18)22(25-27)32(30,31)28-13-11-26(12-14-28)19-9-5-6-17(23)15-19/h5-6,9,15-16,18H,2-4,7-8,10-14H2,1H3,(H,24,29). The molecule has 8 nitrogen and oxygen atoms in total. The van der Waals surface area contributed by atoms with E-state index in [1.165, 1.54) is 4.31 Å². The molecule has 32 heavy (non-hydrogen) atoms. The number of nitrogens with one attached hydrogen (secondary N) is 1. The molecule has 0 bridgehead atoms. The minimum absolute atomic E-state index is 0.105. The number of sulfonamides is 1. The quantitative estimate of drug-likeness (QED) is 0.659. The average molecular weight is 480 g/mol. The summed E-state index contributed by atoms with van der Waals surface area (Å²) in [6.45, 7) is 4.26. The number of aromatic nitrogens is 2. The molecule has 0 atom stereocenters. The van der Waals surface area contributed by atoms with Gasteiger partial charge in [-0.05, 0) is 37.5 Å². The Kier molecular flexibility index (Phi) is 7.07. The van der Waals surface area contributed by atoms with Gasteiger partial charge in [-0.3, -0.25) is 9.48 Å². The first-order chi connectivity index (χ1) is 15.4. The summed E-state index contributed by atoms with van der Waals surface area (Å²) in [5.74, 6) is -0.351. The van der Waals surface area contributed by atoms with Crippen LogP contribution in [0.25, 0.3) is 0 Å². The molecule has 2 heterocycles. The summed E-state index contributed by atoms with van der Waals surface area (Å²) >= 11 is 6.10. The SMILES string of the molecule is CCCn1cc(C(=O)NC2CCCC2)c(S(=O)(=O)N2CCN(c3cccc(Cl)c3)CC2)n1. The van der Waals surface area contributed by atoms with Crippen molar-refractivity contribution in [2.24, 2.45) is 0 Å². The molecular formula is C22H30ClN5O3S. The van der Waals surface area contributed by atoms with Gasteiger partial charge in [0.2, 0.25) is 5.03 Å². The van der Waals surface area contributed by atoms with E-state index in [1.54, 1.807) is 10.9 Å². The van der Waals surface area contributed by atoms with Gasteiger partial charge in [0.15, 0.2) is 0 Å². The summed E-state index contributed by atoms with van der Waals surface area (Å²) in [6, 6.07) is 7.65. The Morgan fingerprint density at radius 3 is 2.56 bits per heavy atom. The summed E-state index contributed by atoms with van der Waals surface area (Å²) in [4.78, 5) is 15.1. The van der Waals surface area contributed by atoms with Crippen molar-refractivity contribution in [2.75, 3.05) is 31.1 Å². The van der Waals surface area contributed by atoms with Crippen molar-refractivity contribution in [2.45, 2.75) is 56.6 Å². The van der Waals surface area contributed by atoms with Crippen LogP contribution < -0.4 is 10.2 Å². The van der Waals surface area contributed by atoms with E-state index < -0.39 is 10.0 Å². The number of piperazine rings is 1. The number of aryl methyl sites for hydroxylation is 1. The zero-order valence-corrected chi connectivity index (χ0v) is 19.9. The predicted octanol–water partition coefficient (Wildman–Crippen LogP) is 3.13. The van der Waals surface area contributed by atoms with Crippen LogP contribution in [-0.4, -0.2) is 60.6 Å². The second-order valence-corrected chi connectivity index (χ2v) is 10.7. The van der Waals surface area contributed by atoms with Crippen molar-refractivity contribution in [1.29, 1.82) is 0 Å². The topological polar surface area (TPSA) is 87.5 Å². The Morgan fingerprint density at radius 1 is 1.19 bits per heavy atom. The molecule has 1 aromatic heterocycles. The van der Waals surface area contributed by atoms with E-state index in [2.05, 4.69) is 15.3 Å². The number of hydrogen-bond donors (Lipinski definition) is 1. The summed E-state index contributed by atoms with van der Waals surface area (Å²) in [7, 11) is -3.89. The summed E-state index contributed by atoms with van der Waals surface area (Å²) in [5, 5.41) is 7.84. The highest BCUT2D eigenvalue weighted by Crippen LogP contribution is 2.25. The van der Waals surface area contributed by atoms with Gasteiger partial charge < -0.3 is 10.2 Å². The van der Waals surface area contributed by atoms with Crippen LogP contribution in [0.5, 0.6) is 0 Å². The average Bonchev–Trinajstić information content (AvgIpc) is 3.44. The number of nitrogens with zero attached hydrogens (tertiary/aromatic N) is 4. The molecule has 1 amide bonds. The van der Waals surface area contributed by atoms with Gasteiger partial charge in [0.25, 0.3) is 15.9 Å². The van der Waals surface area contributed by atoms with Gasteiger partial charge in [-0.1, -0.05) is 37.4 Å². The van der Waals surface area contributed by atoms with Gasteiger partial charge in [-0.25, -0.2) is 8.42 Å². The minimum Gasteiger partial charge on any atom is -0.369 e. The lowest BCUT2D eigenvalue weighted by molar-refractivity contribution is 0.0934. The molecule has 2 fully saturated rings. The Balaban J connectivity index is 1.53. The van der Waals surface area contributed by atoms with Gasteiger partial charge >= 0.3 is 0 Å². The van der Waals surface area contributed by atoms with E-state index in [4.69, 9.17) is 11.6 Å². The summed E-state index contributed by atoms with van der Waals surface area (Å²) < 4.78 is 30.0. The van der Waals surface area contributed by atoms with Crippen molar-refractivity contribution in [3.05, 3.63) is 41.0 Å². The van der Waals surface area contributed by atoms with Crippen LogP contribution >= 0.6 is 11.6 Å². The number of hydrogen-bond acceptors (Lipinski definition) is 5. The second-order valence-electron chi connectivity index (χ2n) is 8.44. The van der Waals surface area contributed by atoms with Crippen molar-refractivity contribution in [3.8, 4) is 0 Å². The molecule has 1 aliphatic carbocycles. The predicted molar refractivity (Wildman–Crippen MR) is 125 cm³/mol. The third-order valence-corrected chi connectivity index (χ3v) is 8.18. The molecule has 1 aromatic carbocycles. The highest BCUT2D eigenvalue weighted by atomic mass is 35.5. The van der Waals surface area contributed by atoms with Gasteiger partial charge in [-0.15, -0.1) is 0 Å². The molecule has 1 saturated heterocycles. The third-order valence-electron chi connectivity index (χ3n) is 6.11. The van der Waals surface area contributed by atoms with Crippen molar-refractivity contribution in [3.63, 3.8) is 0 Å². The Morgan fingerprint density at radius 2 is 1.91 bits per heavy atom. The lowest BCUT2D eigenvalue weighted by Crippen LogP contribution is -2.49. The number of anilines is 1. The number of benzene rings is 1. The van der Waals surface area contributed by atoms with E-state index in [9.17, 15) is 13.2 Å². The van der Waals surface area contributed by atoms with Gasteiger partial charge in [0, 0.05) is 55.7 Å². The van der Waals surface area contributed by atoms with E-state index in [0.717, 1.165) is 37.8 Å². The van der Waals surface area contributed by atoms with Crippen LogP contribution in [0.3, 0.4) is 0 Å². The van der Waals surface area contributed by atoms with Crippen molar-refractivity contribution >= 4 is 33.2 Å². The Labute approximate surface area is 194 Å². The van der Waals surface area contributed by atoms with Crippen molar-refractivity contribution < 1.29 is 13.2 Å². The monoisotopic (exact) mass is 479 g/mol. The number of amides is 1. The largest absolute Gasteiger partial charge is 0.369 e. The fourth-order valence-electron chi connectivity index (χ4n) is 4.41. The van der Waals surface area contributed by atoms with E-state index in [0.29, 0.717) is 37.7 Å². The molecule has 1 saturated carbocycles. The maximum atomic E-state index is 13.5. The highest BCUT2D eigenvalue weighted by molar-refractivity contribution is 7.89.